The summed E-state index contributed by atoms with van der Waals surface area (Å²) in [6, 6.07) is 3.30. The third kappa shape index (κ3) is 4.37. The number of nitrogens with zero attached hydrogens (tertiary/aromatic N) is 1. The second-order valence-corrected chi connectivity index (χ2v) is 3.78. The van der Waals surface area contributed by atoms with Gasteiger partial charge in [-0.1, -0.05) is 0 Å². The summed E-state index contributed by atoms with van der Waals surface area (Å²) in [5.74, 6) is -2.49. The Kier molecular flexibility index (Phi) is 4.73. The third-order valence-electron chi connectivity index (χ3n) is 2.11. The van der Waals surface area contributed by atoms with E-state index in [0.717, 1.165) is 12.1 Å². The maximum Gasteiger partial charge on any atom is 0.322 e. The summed E-state index contributed by atoms with van der Waals surface area (Å²) in [4.78, 5) is 43.0. The fourth-order valence-electron chi connectivity index (χ4n) is 1.38. The van der Waals surface area contributed by atoms with Crippen molar-refractivity contribution in [2.24, 2.45) is 0 Å². The minimum atomic E-state index is -1.24. The molecule has 0 saturated heterocycles. The van der Waals surface area contributed by atoms with Crippen LogP contribution in [0.2, 0.25) is 0 Å². The zero-order chi connectivity index (χ0) is 15.3. The second-order valence-electron chi connectivity index (χ2n) is 3.78. The Hall–Kier alpha value is -2.97. The lowest BCUT2D eigenvalue weighted by Gasteiger charge is -2.06. The molecule has 9 heteroatoms. The summed E-state index contributed by atoms with van der Waals surface area (Å²) in [6.45, 7) is 0.597. The second kappa shape index (κ2) is 6.27. The number of nitro groups is 1. The molecule has 3 N–H and O–H groups in total. The Balaban J connectivity index is 0.00000400. The summed E-state index contributed by atoms with van der Waals surface area (Å²) in [6.07, 6.45) is 0. The molecule has 9 nitrogen and oxygen atoms in total. The summed E-state index contributed by atoms with van der Waals surface area (Å²) in [7, 11) is 0. The number of anilines is 1. The third-order valence-corrected chi connectivity index (χ3v) is 2.11. The number of benzene rings is 1. The number of nitro benzene ring substituents is 1. The van der Waals surface area contributed by atoms with Gasteiger partial charge in [0, 0.05) is 31.7 Å². The number of rotatable bonds is 5. The van der Waals surface area contributed by atoms with Crippen LogP contribution >= 0.6 is 0 Å². The number of carbonyl (C=O) groups excluding carboxylic acids is 2. The van der Waals surface area contributed by atoms with Gasteiger partial charge in [-0.05, 0) is 6.07 Å². The van der Waals surface area contributed by atoms with Gasteiger partial charge in [0.2, 0.25) is 5.91 Å². The van der Waals surface area contributed by atoms with Gasteiger partial charge >= 0.3 is 5.97 Å². The van der Waals surface area contributed by atoms with Gasteiger partial charge in [-0.3, -0.25) is 24.5 Å². The fraction of sp³-hybridized carbons (Fsp3) is 0.182. The van der Waals surface area contributed by atoms with Gasteiger partial charge < -0.3 is 15.7 Å². The van der Waals surface area contributed by atoms with E-state index < -0.39 is 34.9 Å². The zero-order valence-electron chi connectivity index (χ0n) is 10.4. The van der Waals surface area contributed by atoms with Crippen LogP contribution in [-0.2, 0) is 9.59 Å². The first kappa shape index (κ1) is 15.1. The van der Waals surface area contributed by atoms with E-state index in [1.165, 1.54) is 13.0 Å². The van der Waals surface area contributed by atoms with E-state index in [0.29, 0.717) is 0 Å². The van der Waals surface area contributed by atoms with E-state index in [2.05, 4.69) is 10.6 Å². The van der Waals surface area contributed by atoms with E-state index >= 15 is 0 Å². The molecular weight excluding hydrogens is 270 g/mol. The summed E-state index contributed by atoms with van der Waals surface area (Å²) < 4.78 is 0. The molecular formula is C11H13N3O6. The number of nitrogens with one attached hydrogen (secondary N) is 2. The van der Waals surface area contributed by atoms with Crippen molar-refractivity contribution in [2.45, 2.75) is 6.92 Å². The van der Waals surface area contributed by atoms with Crippen molar-refractivity contribution in [1.82, 2.24) is 5.32 Å². The van der Waals surface area contributed by atoms with Gasteiger partial charge in [0.15, 0.2) is 0 Å². The zero-order valence-corrected chi connectivity index (χ0v) is 10.4. The molecule has 1 aromatic carbocycles. The molecule has 20 heavy (non-hydrogen) atoms. The number of carboxylic acid groups (broad SMARTS) is 1. The van der Waals surface area contributed by atoms with Crippen molar-refractivity contribution >= 4 is 29.2 Å². The van der Waals surface area contributed by atoms with Gasteiger partial charge in [-0.15, -0.1) is 0 Å². The van der Waals surface area contributed by atoms with E-state index in [1.54, 1.807) is 0 Å². The Morgan fingerprint density at radius 1 is 1.35 bits per heavy atom. The first-order chi connectivity index (χ1) is 9.29. The van der Waals surface area contributed by atoms with Gasteiger partial charge in [0.25, 0.3) is 11.6 Å². The van der Waals surface area contributed by atoms with Crippen LogP contribution in [0.4, 0.5) is 11.4 Å². The lowest BCUT2D eigenvalue weighted by Crippen LogP contribution is -2.29. The summed E-state index contributed by atoms with van der Waals surface area (Å²) in [5, 5.41) is 23.6. The predicted molar refractivity (Wildman–Crippen MR) is 69.5 cm³/mol. The largest absolute Gasteiger partial charge is 0.480 e. The maximum absolute atomic E-state index is 11.7. The molecule has 108 valence electrons. The Morgan fingerprint density at radius 2 is 2.00 bits per heavy atom. The minimum absolute atomic E-state index is 0. The first-order valence-electron chi connectivity index (χ1n) is 5.36. The van der Waals surface area contributed by atoms with E-state index in [1.807, 2.05) is 0 Å². The predicted octanol–water partition coefficient (Wildman–Crippen LogP) is 0.614. The highest BCUT2D eigenvalue weighted by Crippen LogP contribution is 2.21. The average molecular weight is 283 g/mol. The number of aliphatic carboxylic acids is 1. The van der Waals surface area contributed by atoms with Gasteiger partial charge in [0.05, 0.1) is 4.92 Å². The van der Waals surface area contributed by atoms with Crippen molar-refractivity contribution in [3.63, 3.8) is 0 Å². The molecule has 0 saturated carbocycles. The number of amides is 2. The van der Waals surface area contributed by atoms with Crippen molar-refractivity contribution in [2.75, 3.05) is 11.9 Å². The van der Waals surface area contributed by atoms with Crippen LogP contribution < -0.4 is 10.6 Å². The SMILES string of the molecule is CC(=O)Nc1cc(C(=O)NCC(=O)O)cc([N+](=O)[O-])c1.[HH]. The number of non-ortho nitro benzene ring substituents is 1. The van der Waals surface area contributed by atoms with Gasteiger partial charge in [-0.25, -0.2) is 0 Å². The minimum Gasteiger partial charge on any atom is -0.480 e. The summed E-state index contributed by atoms with van der Waals surface area (Å²) in [5.41, 5.74) is -0.437. The highest BCUT2D eigenvalue weighted by molar-refractivity contribution is 5.98. The quantitative estimate of drug-likeness (QED) is 0.534. The Labute approximate surface area is 114 Å². The number of hydrogen-bond acceptors (Lipinski definition) is 5. The fourth-order valence-corrected chi connectivity index (χ4v) is 1.38. The Morgan fingerprint density at radius 3 is 2.50 bits per heavy atom. The molecule has 0 aliphatic carbocycles. The standard InChI is InChI=1S/C11H11N3O6.H2/c1-6(15)13-8-2-7(3-9(4-8)14(19)20)11(18)12-5-10(16)17;/h2-4H,5H2,1H3,(H,12,18)(H,13,15)(H,16,17);1H. The smallest absolute Gasteiger partial charge is 0.322 e. The summed E-state index contributed by atoms with van der Waals surface area (Å²) >= 11 is 0. The van der Waals surface area contributed by atoms with E-state index in [4.69, 9.17) is 5.11 Å². The molecule has 0 bridgehead atoms. The molecule has 0 atom stereocenters. The molecule has 0 radical (unpaired) electrons. The highest BCUT2D eigenvalue weighted by Gasteiger charge is 2.15. The van der Waals surface area contributed by atoms with Crippen molar-refractivity contribution < 1.29 is 25.8 Å². The number of carbonyl (C=O) groups is 3. The van der Waals surface area contributed by atoms with Gasteiger partial charge in [0.1, 0.15) is 6.54 Å². The normalized spacial score (nSPS) is 9.65. The van der Waals surface area contributed by atoms with Crippen LogP contribution in [-0.4, -0.2) is 34.4 Å². The van der Waals surface area contributed by atoms with Crippen LogP contribution in [0.3, 0.4) is 0 Å². The monoisotopic (exact) mass is 283 g/mol. The van der Waals surface area contributed by atoms with E-state index in [-0.39, 0.29) is 12.7 Å². The first-order valence-corrected chi connectivity index (χ1v) is 5.36. The lowest BCUT2D eigenvalue weighted by molar-refractivity contribution is -0.384. The van der Waals surface area contributed by atoms with Crippen LogP contribution in [0.5, 0.6) is 0 Å². The lowest BCUT2D eigenvalue weighted by atomic mass is 10.1. The van der Waals surface area contributed by atoms with E-state index in [9.17, 15) is 24.5 Å². The molecule has 0 aliphatic heterocycles. The van der Waals surface area contributed by atoms with Crippen molar-refractivity contribution in [3.05, 3.63) is 33.9 Å². The Bertz CT molecular complexity index is 589. The highest BCUT2D eigenvalue weighted by atomic mass is 16.6. The van der Waals surface area contributed by atoms with Crippen LogP contribution in [0.15, 0.2) is 18.2 Å². The molecule has 0 aliphatic rings. The van der Waals surface area contributed by atoms with Crippen LogP contribution in [0.25, 0.3) is 0 Å². The molecule has 2 amide bonds. The molecule has 1 aromatic rings. The average Bonchev–Trinajstić information content (AvgIpc) is 2.34. The van der Waals surface area contributed by atoms with Crippen LogP contribution in [0, 0.1) is 10.1 Å². The molecule has 0 spiro atoms. The molecule has 0 heterocycles. The van der Waals surface area contributed by atoms with Crippen molar-refractivity contribution in [1.29, 1.82) is 0 Å². The molecule has 0 aromatic heterocycles. The number of hydrogen-bond donors (Lipinski definition) is 3. The number of carboxylic acids is 1. The molecule has 0 unspecified atom stereocenters. The molecule has 0 fully saturated rings. The molecule has 1 rings (SSSR count). The maximum atomic E-state index is 11.7. The topological polar surface area (TPSA) is 139 Å². The van der Waals surface area contributed by atoms with Crippen molar-refractivity contribution in [3.8, 4) is 0 Å². The van der Waals surface area contributed by atoms with Crippen LogP contribution in [0.1, 0.15) is 18.7 Å². The van der Waals surface area contributed by atoms with Gasteiger partial charge in [-0.2, -0.15) is 0 Å².